The third-order valence-corrected chi connectivity index (χ3v) is 4.61. The zero-order chi connectivity index (χ0) is 17.0. The van der Waals surface area contributed by atoms with Gasteiger partial charge in [0.15, 0.2) is 9.84 Å². The minimum atomic E-state index is -3.96. The molecule has 0 aliphatic heterocycles. The van der Waals surface area contributed by atoms with Crippen LogP contribution in [0.1, 0.15) is 11.1 Å². The summed E-state index contributed by atoms with van der Waals surface area (Å²) in [5, 5.41) is 28.0. The maximum absolute atomic E-state index is 12.8. The number of hydrogen-bond donors (Lipinski definition) is 2. The van der Waals surface area contributed by atoms with Crippen molar-refractivity contribution in [1.82, 2.24) is 0 Å². The van der Waals surface area contributed by atoms with Gasteiger partial charge in [-0.15, -0.1) is 0 Å². The maximum atomic E-state index is 12.8. The van der Waals surface area contributed by atoms with Crippen molar-refractivity contribution in [3.63, 3.8) is 0 Å². The monoisotopic (exact) mass is 333 g/mol. The lowest BCUT2D eigenvalue weighted by Crippen LogP contribution is -2.06. The quantitative estimate of drug-likeness (QED) is 0.838. The first-order valence-electron chi connectivity index (χ1n) is 6.43. The lowest BCUT2D eigenvalue weighted by molar-refractivity contribution is 0.450. The third-order valence-electron chi connectivity index (χ3n) is 3.02. The van der Waals surface area contributed by atoms with Gasteiger partial charge in [-0.3, -0.25) is 0 Å². The molecule has 0 saturated carbocycles. The Kier molecular flexibility index (Phi) is 4.67. The van der Waals surface area contributed by atoms with Crippen molar-refractivity contribution < 1.29 is 23.0 Å². The Bertz CT molecular complexity index is 897. The Morgan fingerprint density at radius 3 is 2.39 bits per heavy atom. The van der Waals surface area contributed by atoms with E-state index in [-0.39, 0.29) is 17.1 Å². The van der Waals surface area contributed by atoms with E-state index >= 15 is 0 Å². The molecule has 0 radical (unpaired) electrons. The molecule has 118 valence electrons. The van der Waals surface area contributed by atoms with Crippen LogP contribution in [0.5, 0.6) is 11.5 Å². The summed E-state index contributed by atoms with van der Waals surface area (Å²) in [4.78, 5) is -0.539. The molecule has 0 heterocycles. The molecule has 5 nitrogen and oxygen atoms in total. The van der Waals surface area contributed by atoms with Gasteiger partial charge in [0.2, 0.25) is 0 Å². The second kappa shape index (κ2) is 6.50. The maximum Gasteiger partial charge on any atom is 0.192 e. The fraction of sp³-hybridized carbons (Fsp3) is 0.0625. The van der Waals surface area contributed by atoms with Crippen LogP contribution in [-0.2, 0) is 15.6 Å². The summed E-state index contributed by atoms with van der Waals surface area (Å²) in [5.74, 6) is -1.50. The molecule has 2 aromatic rings. The Morgan fingerprint density at radius 2 is 1.83 bits per heavy atom. The van der Waals surface area contributed by atoms with Gasteiger partial charge in [-0.1, -0.05) is 12.1 Å². The SMILES string of the molecule is N#C/C(=C\c1ccc(O)cc1O)S(=O)(=O)Cc1ccc(F)cc1. The molecule has 2 rings (SSSR count). The number of benzene rings is 2. The number of nitrogens with zero attached hydrogens (tertiary/aromatic N) is 1. The normalized spacial score (nSPS) is 11.9. The summed E-state index contributed by atoms with van der Waals surface area (Å²) in [7, 11) is -3.96. The van der Waals surface area contributed by atoms with Crippen LogP contribution in [0.3, 0.4) is 0 Å². The van der Waals surface area contributed by atoms with Gasteiger partial charge < -0.3 is 10.2 Å². The van der Waals surface area contributed by atoms with Crippen LogP contribution < -0.4 is 0 Å². The van der Waals surface area contributed by atoms with Crippen molar-refractivity contribution in [3.8, 4) is 17.6 Å². The number of halogens is 1. The highest BCUT2D eigenvalue weighted by Crippen LogP contribution is 2.26. The molecule has 2 aromatic carbocycles. The first-order chi connectivity index (χ1) is 10.8. The first kappa shape index (κ1) is 16.5. The smallest absolute Gasteiger partial charge is 0.192 e. The number of aromatic hydroxyl groups is 2. The Hall–Kier alpha value is -2.85. The minimum Gasteiger partial charge on any atom is -0.508 e. The topological polar surface area (TPSA) is 98.4 Å². The van der Waals surface area contributed by atoms with Crippen LogP contribution in [0.15, 0.2) is 47.4 Å². The van der Waals surface area contributed by atoms with Crippen molar-refractivity contribution in [2.75, 3.05) is 0 Å². The molecule has 0 aliphatic carbocycles. The second-order valence-electron chi connectivity index (χ2n) is 4.75. The van der Waals surface area contributed by atoms with E-state index in [1.807, 2.05) is 0 Å². The van der Waals surface area contributed by atoms with E-state index in [0.717, 1.165) is 24.3 Å². The van der Waals surface area contributed by atoms with Crippen molar-refractivity contribution in [3.05, 3.63) is 64.3 Å². The molecule has 0 amide bonds. The Morgan fingerprint density at radius 1 is 1.17 bits per heavy atom. The van der Waals surface area contributed by atoms with E-state index in [9.17, 15) is 23.0 Å². The fourth-order valence-corrected chi connectivity index (χ4v) is 3.10. The molecular formula is C16H12FNO4S. The number of sulfone groups is 1. The molecule has 0 aliphatic rings. The highest BCUT2D eigenvalue weighted by Gasteiger charge is 2.19. The molecule has 0 fully saturated rings. The van der Waals surface area contributed by atoms with Crippen molar-refractivity contribution >= 4 is 15.9 Å². The molecule has 0 aromatic heterocycles. The summed E-state index contributed by atoms with van der Waals surface area (Å²) in [6.07, 6.45) is 1.02. The largest absolute Gasteiger partial charge is 0.508 e. The van der Waals surface area contributed by atoms with Gasteiger partial charge in [-0.25, -0.2) is 12.8 Å². The molecule has 0 atom stereocenters. The highest BCUT2D eigenvalue weighted by molar-refractivity contribution is 7.95. The summed E-state index contributed by atoms with van der Waals surface area (Å²) in [6.45, 7) is 0. The zero-order valence-electron chi connectivity index (χ0n) is 11.8. The van der Waals surface area contributed by atoms with Crippen LogP contribution in [0.4, 0.5) is 4.39 Å². The van der Waals surface area contributed by atoms with Crippen LogP contribution in [0, 0.1) is 17.1 Å². The van der Waals surface area contributed by atoms with Gasteiger partial charge in [0, 0.05) is 11.6 Å². The Labute approximate surface area is 132 Å². The fourth-order valence-electron chi connectivity index (χ4n) is 1.86. The summed E-state index contributed by atoms with van der Waals surface area (Å²) >= 11 is 0. The third kappa shape index (κ3) is 4.08. The first-order valence-corrected chi connectivity index (χ1v) is 8.08. The predicted molar refractivity (Wildman–Crippen MR) is 82.4 cm³/mol. The molecule has 23 heavy (non-hydrogen) atoms. The lowest BCUT2D eigenvalue weighted by atomic mass is 10.2. The van der Waals surface area contributed by atoms with Crippen molar-refractivity contribution in [1.29, 1.82) is 5.26 Å². The van der Waals surface area contributed by atoms with Crippen molar-refractivity contribution in [2.24, 2.45) is 0 Å². The van der Waals surface area contributed by atoms with Gasteiger partial charge in [0.25, 0.3) is 0 Å². The minimum absolute atomic E-state index is 0.0852. The summed E-state index contributed by atoms with van der Waals surface area (Å²) in [5.41, 5.74) is 0.421. The van der Waals surface area contributed by atoms with Crippen LogP contribution >= 0.6 is 0 Å². The molecule has 0 spiro atoms. The predicted octanol–water partition coefficient (Wildman–Crippen LogP) is 2.72. The van der Waals surface area contributed by atoms with E-state index in [1.54, 1.807) is 6.07 Å². The van der Waals surface area contributed by atoms with Gasteiger partial charge >= 0.3 is 0 Å². The average Bonchev–Trinajstić information content (AvgIpc) is 2.48. The van der Waals surface area contributed by atoms with Gasteiger partial charge in [0.05, 0.1) is 5.75 Å². The molecule has 0 bridgehead atoms. The van der Waals surface area contributed by atoms with E-state index in [0.29, 0.717) is 5.56 Å². The van der Waals surface area contributed by atoms with Crippen molar-refractivity contribution in [2.45, 2.75) is 5.75 Å². The number of allylic oxidation sites excluding steroid dienone is 1. The second-order valence-corrected chi connectivity index (χ2v) is 6.71. The van der Waals surface area contributed by atoms with E-state index < -0.39 is 26.3 Å². The van der Waals surface area contributed by atoms with E-state index in [2.05, 4.69) is 0 Å². The van der Waals surface area contributed by atoms with Gasteiger partial charge in [-0.05, 0) is 35.9 Å². The van der Waals surface area contributed by atoms with Crippen LogP contribution in [0.2, 0.25) is 0 Å². The standard InChI is InChI=1S/C16H12FNO4S/c17-13-4-1-11(2-5-13)10-23(21,22)15(9-18)7-12-3-6-14(19)8-16(12)20/h1-8,19-20H,10H2/b15-7+. The van der Waals surface area contributed by atoms with E-state index in [4.69, 9.17) is 5.26 Å². The Balaban J connectivity index is 2.37. The number of phenols is 2. The number of phenolic OH excluding ortho intramolecular Hbond substituents is 2. The molecular weight excluding hydrogens is 321 g/mol. The van der Waals surface area contributed by atoms with Gasteiger partial charge in [0.1, 0.15) is 28.3 Å². The number of rotatable bonds is 4. The summed E-state index contributed by atoms with van der Waals surface area (Å²) in [6, 6.07) is 10.1. The van der Waals surface area contributed by atoms with Crippen LogP contribution in [0.25, 0.3) is 6.08 Å². The number of hydrogen-bond acceptors (Lipinski definition) is 5. The molecule has 0 saturated heterocycles. The zero-order valence-corrected chi connectivity index (χ0v) is 12.6. The average molecular weight is 333 g/mol. The summed E-state index contributed by atoms with van der Waals surface area (Å²) < 4.78 is 37.4. The lowest BCUT2D eigenvalue weighted by Gasteiger charge is -2.05. The number of nitriles is 1. The molecule has 7 heteroatoms. The van der Waals surface area contributed by atoms with E-state index in [1.165, 1.54) is 24.3 Å². The molecule has 2 N–H and O–H groups in total. The van der Waals surface area contributed by atoms with Gasteiger partial charge in [-0.2, -0.15) is 5.26 Å². The highest BCUT2D eigenvalue weighted by atomic mass is 32.2. The molecule has 0 unspecified atom stereocenters. The van der Waals surface area contributed by atoms with Crippen LogP contribution in [-0.4, -0.2) is 18.6 Å².